The molecule has 0 spiro atoms. The highest BCUT2D eigenvalue weighted by molar-refractivity contribution is 5.88. The van der Waals surface area contributed by atoms with E-state index in [9.17, 15) is 18.4 Å². The van der Waals surface area contributed by atoms with Gasteiger partial charge in [0.2, 0.25) is 5.91 Å². The normalized spacial score (nSPS) is 10.3. The van der Waals surface area contributed by atoms with Crippen LogP contribution in [-0.2, 0) is 4.79 Å². The van der Waals surface area contributed by atoms with Crippen molar-refractivity contribution in [1.29, 1.82) is 0 Å². The molecule has 0 saturated carbocycles. The topological polar surface area (TPSA) is 60.9 Å². The van der Waals surface area contributed by atoms with Gasteiger partial charge in [0.25, 0.3) is 0 Å². The molecule has 1 N–H and O–H groups in total. The monoisotopic (exact) mass is 300 g/mol. The third kappa shape index (κ3) is 4.14. The van der Waals surface area contributed by atoms with Crippen molar-refractivity contribution in [3.8, 4) is 0 Å². The molecule has 5 nitrogen and oxygen atoms in total. The van der Waals surface area contributed by atoms with Gasteiger partial charge in [0.1, 0.15) is 17.3 Å². The van der Waals surface area contributed by atoms with Gasteiger partial charge in [-0.15, -0.1) is 0 Å². The smallest absolute Gasteiger partial charge is 0.335 e. The lowest BCUT2D eigenvalue weighted by atomic mass is 10.1. The number of carbonyl (C=O) groups is 2. The summed E-state index contributed by atoms with van der Waals surface area (Å²) in [7, 11) is 3.10. The van der Waals surface area contributed by atoms with Gasteiger partial charge in [0.05, 0.1) is 12.1 Å². The Kier molecular flexibility index (Phi) is 5.63. The molecule has 0 aliphatic heterocycles. The molecule has 0 atom stereocenters. The van der Waals surface area contributed by atoms with Crippen molar-refractivity contribution in [2.45, 2.75) is 13.3 Å². The number of carboxylic acid groups (broad SMARTS) is 1. The standard InChI is InChI=1S/C14H18F2N2O3/c1-4-5-18(8-12(19)17(2)3)13-10(15)6-9(14(20)21)7-11(13)16/h6-7H,4-5,8H2,1-3H3,(H,20,21). The molecule has 7 heteroatoms. The summed E-state index contributed by atoms with van der Waals surface area (Å²) < 4.78 is 28.1. The molecule has 0 radical (unpaired) electrons. The molecular weight excluding hydrogens is 282 g/mol. The van der Waals surface area contributed by atoms with Gasteiger partial charge in [-0.3, -0.25) is 4.79 Å². The molecule has 1 aromatic rings. The van der Waals surface area contributed by atoms with Crippen LogP contribution in [-0.4, -0.2) is 49.1 Å². The second-order valence-electron chi connectivity index (χ2n) is 4.80. The predicted octanol–water partition coefficient (Wildman–Crippen LogP) is 1.97. The Morgan fingerprint density at radius 1 is 1.19 bits per heavy atom. The van der Waals surface area contributed by atoms with Crippen LogP contribution in [0.1, 0.15) is 23.7 Å². The van der Waals surface area contributed by atoms with Crippen molar-refractivity contribution in [2.24, 2.45) is 0 Å². The van der Waals surface area contributed by atoms with Gasteiger partial charge < -0.3 is 14.9 Å². The molecule has 1 rings (SSSR count). The number of nitrogens with zero attached hydrogens (tertiary/aromatic N) is 2. The Morgan fingerprint density at radius 2 is 1.71 bits per heavy atom. The van der Waals surface area contributed by atoms with Gasteiger partial charge in [0, 0.05) is 20.6 Å². The highest BCUT2D eigenvalue weighted by Gasteiger charge is 2.22. The zero-order valence-electron chi connectivity index (χ0n) is 12.2. The fourth-order valence-corrected chi connectivity index (χ4v) is 1.84. The average Bonchev–Trinajstić information content (AvgIpc) is 2.37. The number of anilines is 1. The molecule has 21 heavy (non-hydrogen) atoms. The fourth-order valence-electron chi connectivity index (χ4n) is 1.84. The third-order valence-electron chi connectivity index (χ3n) is 2.90. The maximum atomic E-state index is 14.0. The van der Waals surface area contributed by atoms with Gasteiger partial charge in [-0.2, -0.15) is 0 Å². The zero-order valence-corrected chi connectivity index (χ0v) is 12.2. The van der Waals surface area contributed by atoms with Crippen molar-refractivity contribution in [3.63, 3.8) is 0 Å². The maximum absolute atomic E-state index is 14.0. The summed E-state index contributed by atoms with van der Waals surface area (Å²) in [6, 6.07) is 1.51. The van der Waals surface area contributed by atoms with E-state index in [1.54, 1.807) is 14.1 Å². The van der Waals surface area contributed by atoms with E-state index in [1.165, 1.54) is 9.80 Å². The van der Waals surface area contributed by atoms with Crippen LogP contribution in [0.2, 0.25) is 0 Å². The average molecular weight is 300 g/mol. The highest BCUT2D eigenvalue weighted by Crippen LogP contribution is 2.25. The number of amides is 1. The van der Waals surface area contributed by atoms with E-state index in [1.807, 2.05) is 6.92 Å². The number of benzene rings is 1. The first-order valence-corrected chi connectivity index (χ1v) is 6.45. The van der Waals surface area contributed by atoms with Gasteiger partial charge in [0.15, 0.2) is 0 Å². The molecule has 1 amide bonds. The minimum atomic E-state index is -1.41. The number of likely N-dealkylation sites (N-methyl/N-ethyl adjacent to an activating group) is 1. The zero-order chi connectivity index (χ0) is 16.2. The van der Waals surface area contributed by atoms with Crippen LogP contribution in [0.25, 0.3) is 0 Å². The number of carboxylic acids is 1. The molecule has 0 unspecified atom stereocenters. The number of hydrogen-bond donors (Lipinski definition) is 1. The minimum absolute atomic E-state index is 0.179. The predicted molar refractivity (Wildman–Crippen MR) is 74.5 cm³/mol. The summed E-state index contributed by atoms with van der Waals surface area (Å²) in [5, 5.41) is 8.78. The van der Waals surface area contributed by atoms with Crippen LogP contribution >= 0.6 is 0 Å². The van der Waals surface area contributed by atoms with E-state index >= 15 is 0 Å². The van der Waals surface area contributed by atoms with Gasteiger partial charge in [-0.05, 0) is 18.6 Å². The Bertz CT molecular complexity index is 524. The summed E-state index contributed by atoms with van der Waals surface area (Å²) in [6.45, 7) is 1.91. The van der Waals surface area contributed by atoms with Gasteiger partial charge in [-0.25, -0.2) is 13.6 Å². The van der Waals surface area contributed by atoms with Crippen LogP contribution < -0.4 is 4.90 Å². The molecule has 0 fully saturated rings. The molecule has 116 valence electrons. The highest BCUT2D eigenvalue weighted by atomic mass is 19.1. The number of hydrogen-bond acceptors (Lipinski definition) is 3. The molecule has 0 saturated heterocycles. The second kappa shape index (κ2) is 7.01. The molecule has 1 aromatic carbocycles. The van der Waals surface area contributed by atoms with Crippen LogP contribution in [0.15, 0.2) is 12.1 Å². The van der Waals surface area contributed by atoms with Gasteiger partial charge >= 0.3 is 5.97 Å². The SMILES string of the molecule is CCCN(CC(=O)N(C)C)c1c(F)cc(C(=O)O)cc1F. The van der Waals surface area contributed by atoms with Crippen LogP contribution in [0, 0.1) is 11.6 Å². The van der Waals surface area contributed by atoms with Gasteiger partial charge in [-0.1, -0.05) is 6.92 Å². The van der Waals surface area contributed by atoms with Crippen molar-refractivity contribution in [3.05, 3.63) is 29.3 Å². The quantitative estimate of drug-likeness (QED) is 0.872. The first kappa shape index (κ1) is 16.9. The van der Waals surface area contributed by atoms with Crippen molar-refractivity contribution in [2.75, 3.05) is 32.1 Å². The molecular formula is C14H18F2N2O3. The molecule has 0 aromatic heterocycles. The molecule has 0 aliphatic carbocycles. The van der Waals surface area contributed by atoms with E-state index in [-0.39, 0.29) is 24.7 Å². The summed E-state index contributed by atoms with van der Waals surface area (Å²) in [6.07, 6.45) is 0.584. The Morgan fingerprint density at radius 3 is 2.10 bits per heavy atom. The Balaban J connectivity index is 3.19. The van der Waals surface area contributed by atoms with E-state index in [2.05, 4.69) is 0 Å². The Hall–Kier alpha value is -2.18. The third-order valence-corrected chi connectivity index (χ3v) is 2.90. The van der Waals surface area contributed by atoms with Crippen molar-refractivity contribution >= 4 is 17.6 Å². The first-order chi connectivity index (χ1) is 9.77. The number of rotatable bonds is 6. The van der Waals surface area contributed by atoms with E-state index < -0.39 is 23.2 Å². The van der Waals surface area contributed by atoms with E-state index in [0.717, 1.165) is 12.1 Å². The lowest BCUT2D eigenvalue weighted by molar-refractivity contribution is -0.127. The van der Waals surface area contributed by atoms with Crippen molar-refractivity contribution < 1.29 is 23.5 Å². The molecule has 0 bridgehead atoms. The summed E-state index contributed by atoms with van der Waals surface area (Å²) in [5.41, 5.74) is -0.846. The Labute approximate surface area is 121 Å². The first-order valence-electron chi connectivity index (χ1n) is 6.45. The number of carbonyl (C=O) groups excluding carboxylic acids is 1. The lowest BCUT2D eigenvalue weighted by Gasteiger charge is -2.26. The number of halogens is 2. The van der Waals surface area contributed by atoms with Crippen molar-refractivity contribution in [1.82, 2.24) is 4.90 Å². The van der Waals surface area contributed by atoms with Crippen LogP contribution in [0.4, 0.5) is 14.5 Å². The summed E-state index contributed by atoms with van der Waals surface area (Å²) in [5.74, 6) is -3.70. The van der Waals surface area contributed by atoms with E-state index in [4.69, 9.17) is 5.11 Å². The lowest BCUT2D eigenvalue weighted by Crippen LogP contribution is -2.38. The summed E-state index contributed by atoms with van der Waals surface area (Å²) in [4.78, 5) is 25.1. The minimum Gasteiger partial charge on any atom is -0.478 e. The fraction of sp³-hybridized carbons (Fsp3) is 0.429. The largest absolute Gasteiger partial charge is 0.478 e. The number of aromatic carboxylic acids is 1. The maximum Gasteiger partial charge on any atom is 0.335 e. The molecule has 0 aliphatic rings. The molecule has 0 heterocycles. The van der Waals surface area contributed by atoms with Crippen LogP contribution in [0.5, 0.6) is 0 Å². The van der Waals surface area contributed by atoms with E-state index in [0.29, 0.717) is 6.42 Å². The second-order valence-corrected chi connectivity index (χ2v) is 4.80. The summed E-state index contributed by atoms with van der Waals surface area (Å²) >= 11 is 0. The van der Waals surface area contributed by atoms with Crippen LogP contribution in [0.3, 0.4) is 0 Å².